The van der Waals surface area contributed by atoms with Crippen LogP contribution >= 0.6 is 0 Å². The molecule has 1 aromatic rings. The van der Waals surface area contributed by atoms with Crippen molar-refractivity contribution in [3.63, 3.8) is 0 Å². The molecule has 0 unspecified atom stereocenters. The highest BCUT2D eigenvalue weighted by Crippen LogP contribution is 2.31. The summed E-state index contributed by atoms with van der Waals surface area (Å²) in [6.45, 7) is 6.28. The van der Waals surface area contributed by atoms with Crippen molar-refractivity contribution < 1.29 is 0 Å². The Morgan fingerprint density at radius 3 is 2.75 bits per heavy atom. The molecule has 1 aliphatic heterocycles. The first-order valence-corrected chi connectivity index (χ1v) is 6.21. The fraction of sp³-hybridized carbons (Fsp3) is 0.571. The average Bonchev–Trinajstić information content (AvgIpc) is 2.51. The first-order chi connectivity index (χ1) is 7.65. The molecule has 2 heteroatoms. The van der Waals surface area contributed by atoms with Crippen LogP contribution in [0.15, 0.2) is 24.3 Å². The third-order valence-electron chi connectivity index (χ3n) is 3.59. The highest BCUT2D eigenvalue weighted by atomic mass is 15.2. The minimum absolute atomic E-state index is 0.0560. The van der Waals surface area contributed by atoms with E-state index in [9.17, 15) is 0 Å². The van der Waals surface area contributed by atoms with Gasteiger partial charge < -0.3 is 10.6 Å². The van der Waals surface area contributed by atoms with Crippen molar-refractivity contribution >= 4 is 5.69 Å². The monoisotopic (exact) mass is 218 g/mol. The summed E-state index contributed by atoms with van der Waals surface area (Å²) in [4.78, 5) is 2.48. The molecule has 0 saturated heterocycles. The molecule has 0 aliphatic carbocycles. The summed E-state index contributed by atoms with van der Waals surface area (Å²) in [5, 5.41) is 0. The first kappa shape index (κ1) is 11.5. The van der Waals surface area contributed by atoms with Crippen LogP contribution in [0.4, 0.5) is 5.69 Å². The van der Waals surface area contributed by atoms with Gasteiger partial charge in [-0.2, -0.15) is 0 Å². The topological polar surface area (TPSA) is 29.3 Å². The van der Waals surface area contributed by atoms with Gasteiger partial charge in [-0.3, -0.25) is 0 Å². The average molecular weight is 218 g/mol. The number of hydrogen-bond donors (Lipinski definition) is 1. The normalized spacial score (nSPS) is 16.8. The van der Waals surface area contributed by atoms with Crippen LogP contribution in [-0.2, 0) is 6.42 Å². The summed E-state index contributed by atoms with van der Waals surface area (Å²) < 4.78 is 0. The Hall–Kier alpha value is -1.02. The molecule has 2 rings (SSSR count). The lowest BCUT2D eigenvalue weighted by Gasteiger charge is -2.40. The zero-order chi connectivity index (χ0) is 11.6. The van der Waals surface area contributed by atoms with Crippen molar-refractivity contribution in [2.24, 2.45) is 5.73 Å². The number of aryl methyl sites for hydroxylation is 1. The standard InChI is InChI=1S/C14H22N2/c1-14(2,11-15)16-10-6-5-8-12-7-3-4-9-13(12)16/h3-4,7,9H,5-6,8,10-11,15H2,1-2H3. The molecule has 1 heterocycles. The summed E-state index contributed by atoms with van der Waals surface area (Å²) in [7, 11) is 0. The molecule has 0 bridgehead atoms. The quantitative estimate of drug-likeness (QED) is 0.826. The molecule has 16 heavy (non-hydrogen) atoms. The van der Waals surface area contributed by atoms with Gasteiger partial charge in [0.2, 0.25) is 0 Å². The van der Waals surface area contributed by atoms with E-state index in [1.165, 1.54) is 30.5 Å². The summed E-state index contributed by atoms with van der Waals surface area (Å²) in [5.74, 6) is 0. The second-order valence-corrected chi connectivity index (χ2v) is 5.25. The van der Waals surface area contributed by atoms with Gasteiger partial charge in [-0.1, -0.05) is 18.2 Å². The van der Waals surface area contributed by atoms with E-state index in [1.54, 1.807) is 0 Å². The molecule has 0 atom stereocenters. The molecule has 0 aromatic heterocycles. The van der Waals surface area contributed by atoms with E-state index in [2.05, 4.69) is 43.0 Å². The third-order valence-corrected chi connectivity index (χ3v) is 3.59. The second kappa shape index (κ2) is 4.46. The van der Waals surface area contributed by atoms with Crippen molar-refractivity contribution in [1.82, 2.24) is 0 Å². The fourth-order valence-corrected chi connectivity index (χ4v) is 2.43. The molecule has 0 fully saturated rings. The number of fused-ring (bicyclic) bond motifs is 1. The number of hydrogen-bond acceptors (Lipinski definition) is 2. The largest absolute Gasteiger partial charge is 0.365 e. The highest BCUT2D eigenvalue weighted by molar-refractivity contribution is 5.56. The van der Waals surface area contributed by atoms with Gasteiger partial charge in [-0.15, -0.1) is 0 Å². The number of anilines is 1. The first-order valence-electron chi connectivity index (χ1n) is 6.21. The molecule has 0 amide bonds. The predicted octanol–water partition coefficient (Wildman–Crippen LogP) is 2.57. The summed E-state index contributed by atoms with van der Waals surface area (Å²) in [6, 6.07) is 8.75. The Morgan fingerprint density at radius 2 is 2.00 bits per heavy atom. The van der Waals surface area contributed by atoms with Crippen LogP contribution in [0.25, 0.3) is 0 Å². The molecule has 2 nitrogen and oxygen atoms in total. The number of nitrogens with zero attached hydrogens (tertiary/aromatic N) is 1. The van der Waals surface area contributed by atoms with Crippen LogP contribution in [0.5, 0.6) is 0 Å². The van der Waals surface area contributed by atoms with Crippen LogP contribution in [0.1, 0.15) is 32.3 Å². The lowest BCUT2D eigenvalue weighted by atomic mass is 10.0. The molecule has 1 aliphatic rings. The van der Waals surface area contributed by atoms with Crippen LogP contribution < -0.4 is 10.6 Å². The molecular weight excluding hydrogens is 196 g/mol. The van der Waals surface area contributed by atoms with E-state index in [0.29, 0.717) is 6.54 Å². The van der Waals surface area contributed by atoms with Gasteiger partial charge in [0.1, 0.15) is 0 Å². The van der Waals surface area contributed by atoms with Gasteiger partial charge in [0.15, 0.2) is 0 Å². The van der Waals surface area contributed by atoms with Crippen molar-refractivity contribution in [2.75, 3.05) is 18.0 Å². The van der Waals surface area contributed by atoms with Gasteiger partial charge in [-0.25, -0.2) is 0 Å². The fourth-order valence-electron chi connectivity index (χ4n) is 2.43. The van der Waals surface area contributed by atoms with Crippen LogP contribution in [0.3, 0.4) is 0 Å². The molecular formula is C14H22N2. The molecule has 0 spiro atoms. The number of benzene rings is 1. The summed E-state index contributed by atoms with van der Waals surface area (Å²) in [5.41, 5.74) is 8.82. The lowest BCUT2D eigenvalue weighted by Crippen LogP contribution is -2.50. The van der Waals surface area contributed by atoms with Gasteiger partial charge in [0, 0.05) is 24.3 Å². The number of para-hydroxylation sites is 1. The predicted molar refractivity (Wildman–Crippen MR) is 69.9 cm³/mol. The molecule has 2 N–H and O–H groups in total. The van der Waals surface area contributed by atoms with E-state index in [0.717, 1.165) is 6.54 Å². The van der Waals surface area contributed by atoms with Gasteiger partial charge in [0.25, 0.3) is 0 Å². The van der Waals surface area contributed by atoms with Crippen molar-refractivity contribution in [1.29, 1.82) is 0 Å². The minimum Gasteiger partial charge on any atom is -0.365 e. The zero-order valence-corrected chi connectivity index (χ0v) is 10.4. The highest BCUT2D eigenvalue weighted by Gasteiger charge is 2.27. The molecule has 0 radical (unpaired) electrons. The van der Waals surface area contributed by atoms with E-state index < -0.39 is 0 Å². The minimum atomic E-state index is 0.0560. The Kier molecular flexibility index (Phi) is 3.20. The van der Waals surface area contributed by atoms with E-state index in [-0.39, 0.29) is 5.54 Å². The Morgan fingerprint density at radius 1 is 1.25 bits per heavy atom. The zero-order valence-electron chi connectivity index (χ0n) is 10.4. The van der Waals surface area contributed by atoms with Gasteiger partial charge in [-0.05, 0) is 44.7 Å². The maximum Gasteiger partial charge on any atom is 0.0468 e. The molecule has 88 valence electrons. The van der Waals surface area contributed by atoms with Crippen molar-refractivity contribution in [3.8, 4) is 0 Å². The van der Waals surface area contributed by atoms with Crippen molar-refractivity contribution in [2.45, 2.75) is 38.6 Å². The van der Waals surface area contributed by atoms with Gasteiger partial charge >= 0.3 is 0 Å². The summed E-state index contributed by atoms with van der Waals surface area (Å²) in [6.07, 6.45) is 3.75. The Bertz CT molecular complexity index is 358. The second-order valence-electron chi connectivity index (χ2n) is 5.25. The van der Waals surface area contributed by atoms with E-state index >= 15 is 0 Å². The maximum atomic E-state index is 5.90. The number of nitrogens with two attached hydrogens (primary N) is 1. The van der Waals surface area contributed by atoms with Crippen LogP contribution in [0.2, 0.25) is 0 Å². The number of rotatable bonds is 2. The Labute approximate surface area is 98.4 Å². The molecule has 1 aromatic carbocycles. The van der Waals surface area contributed by atoms with Crippen molar-refractivity contribution in [3.05, 3.63) is 29.8 Å². The molecule has 0 saturated carbocycles. The van der Waals surface area contributed by atoms with E-state index in [4.69, 9.17) is 5.73 Å². The Balaban J connectivity index is 2.40. The van der Waals surface area contributed by atoms with Gasteiger partial charge in [0.05, 0.1) is 0 Å². The van der Waals surface area contributed by atoms with Crippen LogP contribution in [-0.4, -0.2) is 18.6 Å². The smallest absolute Gasteiger partial charge is 0.0468 e. The maximum absolute atomic E-state index is 5.90. The lowest BCUT2D eigenvalue weighted by molar-refractivity contribution is 0.466. The SMILES string of the molecule is CC(C)(CN)N1CCCCc2ccccc21. The summed E-state index contributed by atoms with van der Waals surface area (Å²) >= 11 is 0. The third kappa shape index (κ3) is 2.07. The van der Waals surface area contributed by atoms with E-state index in [1.807, 2.05) is 0 Å². The van der Waals surface area contributed by atoms with Crippen LogP contribution in [0, 0.1) is 0 Å².